The molecule has 0 aromatic carbocycles. The normalized spacial score (nSPS) is 12.5. The number of hydrogen-bond acceptors (Lipinski definition) is 5. The summed E-state index contributed by atoms with van der Waals surface area (Å²) in [5.74, 6) is 0. The molecule has 0 aliphatic rings. The van der Waals surface area contributed by atoms with Gasteiger partial charge in [0, 0.05) is 47.5 Å². The van der Waals surface area contributed by atoms with Gasteiger partial charge in [-0.2, -0.15) is 17.0 Å². The molecule has 116 valence electrons. The van der Waals surface area contributed by atoms with Crippen molar-refractivity contribution in [3.8, 4) is 0 Å². The number of nitrogens with zero attached hydrogens (tertiary/aromatic N) is 2. The van der Waals surface area contributed by atoms with Crippen LogP contribution in [0.3, 0.4) is 0 Å². The molecule has 0 aromatic heterocycles. The molecule has 0 bridgehead atoms. The average Bonchev–Trinajstić information content (AvgIpc) is 2.39. The van der Waals surface area contributed by atoms with Crippen LogP contribution in [0.1, 0.15) is 12.8 Å². The molecule has 7 nitrogen and oxygen atoms in total. The Morgan fingerprint density at radius 3 is 2.16 bits per heavy atom. The van der Waals surface area contributed by atoms with Crippen molar-refractivity contribution in [1.82, 2.24) is 8.61 Å². The number of nitrogens with two attached hydrogens (primary N) is 1. The van der Waals surface area contributed by atoms with Crippen LogP contribution in [0.2, 0.25) is 0 Å². The summed E-state index contributed by atoms with van der Waals surface area (Å²) in [4.78, 5) is 0. The van der Waals surface area contributed by atoms with Gasteiger partial charge in [0.1, 0.15) is 0 Å². The number of methoxy groups -OCH3 is 2. The van der Waals surface area contributed by atoms with Gasteiger partial charge >= 0.3 is 0 Å². The maximum Gasteiger partial charge on any atom is 0.281 e. The summed E-state index contributed by atoms with van der Waals surface area (Å²) < 4.78 is 37.4. The fourth-order valence-electron chi connectivity index (χ4n) is 1.55. The van der Waals surface area contributed by atoms with Crippen molar-refractivity contribution >= 4 is 10.2 Å². The summed E-state index contributed by atoms with van der Waals surface area (Å²) in [6, 6.07) is 0. The Hall–Kier alpha value is -0.250. The average molecular weight is 297 g/mol. The quantitative estimate of drug-likeness (QED) is 0.491. The minimum absolute atomic E-state index is 0.343. The SMILES string of the molecule is COCCCN(CCOC)S(=O)(=O)N(C)CCCN. The second-order valence-corrected chi connectivity index (χ2v) is 6.25. The van der Waals surface area contributed by atoms with Crippen molar-refractivity contribution in [2.75, 3.05) is 60.7 Å². The molecule has 0 saturated carbocycles. The highest BCUT2D eigenvalue weighted by Gasteiger charge is 2.25. The number of rotatable bonds is 12. The molecule has 19 heavy (non-hydrogen) atoms. The van der Waals surface area contributed by atoms with E-state index in [1.54, 1.807) is 21.3 Å². The molecule has 0 saturated heterocycles. The van der Waals surface area contributed by atoms with Crippen molar-refractivity contribution in [3.05, 3.63) is 0 Å². The van der Waals surface area contributed by atoms with Crippen LogP contribution in [-0.2, 0) is 19.7 Å². The zero-order valence-corrected chi connectivity index (χ0v) is 13.0. The van der Waals surface area contributed by atoms with Gasteiger partial charge in [0.2, 0.25) is 0 Å². The first-order valence-electron chi connectivity index (χ1n) is 6.40. The summed E-state index contributed by atoms with van der Waals surface area (Å²) >= 11 is 0. The zero-order valence-electron chi connectivity index (χ0n) is 12.2. The predicted octanol–water partition coefficient (Wildman–Crippen LogP) is -0.503. The molecule has 2 N–H and O–H groups in total. The van der Waals surface area contributed by atoms with Crippen LogP contribution in [0.5, 0.6) is 0 Å². The molecule has 0 atom stereocenters. The Morgan fingerprint density at radius 1 is 1.00 bits per heavy atom. The summed E-state index contributed by atoms with van der Waals surface area (Å²) in [6.07, 6.45) is 1.30. The summed E-state index contributed by atoms with van der Waals surface area (Å²) in [5.41, 5.74) is 5.40. The Morgan fingerprint density at radius 2 is 1.63 bits per heavy atom. The smallest absolute Gasteiger partial charge is 0.281 e. The van der Waals surface area contributed by atoms with Gasteiger partial charge < -0.3 is 15.2 Å². The molecule has 0 unspecified atom stereocenters. The molecule has 8 heteroatoms. The first kappa shape index (κ1) is 18.8. The van der Waals surface area contributed by atoms with Crippen molar-refractivity contribution in [3.63, 3.8) is 0 Å². The second kappa shape index (κ2) is 10.5. The van der Waals surface area contributed by atoms with E-state index in [1.165, 1.54) is 8.61 Å². The third-order valence-electron chi connectivity index (χ3n) is 2.70. The van der Waals surface area contributed by atoms with Crippen molar-refractivity contribution in [2.45, 2.75) is 12.8 Å². The van der Waals surface area contributed by atoms with Gasteiger partial charge in [-0.15, -0.1) is 0 Å². The molecule has 0 aromatic rings. The lowest BCUT2D eigenvalue weighted by molar-refractivity contribution is 0.161. The van der Waals surface area contributed by atoms with Gasteiger partial charge in [0.05, 0.1) is 6.61 Å². The van der Waals surface area contributed by atoms with E-state index in [0.29, 0.717) is 52.2 Å². The second-order valence-electron chi connectivity index (χ2n) is 4.21. The first-order valence-corrected chi connectivity index (χ1v) is 7.79. The Balaban J connectivity index is 4.59. The van der Waals surface area contributed by atoms with Crippen LogP contribution < -0.4 is 5.73 Å². The van der Waals surface area contributed by atoms with E-state index >= 15 is 0 Å². The predicted molar refractivity (Wildman–Crippen MR) is 75.2 cm³/mol. The molecule has 0 radical (unpaired) electrons. The van der Waals surface area contributed by atoms with Crippen LogP contribution in [0, 0.1) is 0 Å². The fraction of sp³-hybridized carbons (Fsp3) is 1.00. The van der Waals surface area contributed by atoms with Crippen LogP contribution in [0.25, 0.3) is 0 Å². The fourth-order valence-corrected chi connectivity index (χ4v) is 2.97. The van der Waals surface area contributed by atoms with Crippen LogP contribution in [0.4, 0.5) is 0 Å². The van der Waals surface area contributed by atoms with E-state index in [2.05, 4.69) is 0 Å². The molecule has 0 amide bonds. The largest absolute Gasteiger partial charge is 0.385 e. The van der Waals surface area contributed by atoms with Gasteiger partial charge in [-0.25, -0.2) is 0 Å². The summed E-state index contributed by atoms with van der Waals surface area (Å²) in [6.45, 7) is 2.57. The summed E-state index contributed by atoms with van der Waals surface area (Å²) in [5, 5.41) is 0. The van der Waals surface area contributed by atoms with Crippen LogP contribution >= 0.6 is 0 Å². The monoisotopic (exact) mass is 297 g/mol. The minimum atomic E-state index is -3.45. The molecule has 0 aliphatic carbocycles. The van der Waals surface area contributed by atoms with Crippen molar-refractivity contribution < 1.29 is 17.9 Å². The van der Waals surface area contributed by atoms with E-state index in [4.69, 9.17) is 15.2 Å². The van der Waals surface area contributed by atoms with E-state index < -0.39 is 10.2 Å². The third kappa shape index (κ3) is 7.19. The van der Waals surface area contributed by atoms with E-state index in [1.807, 2.05) is 0 Å². The van der Waals surface area contributed by atoms with E-state index in [0.717, 1.165) is 0 Å². The zero-order chi connectivity index (χ0) is 14.7. The van der Waals surface area contributed by atoms with E-state index in [-0.39, 0.29) is 0 Å². The van der Waals surface area contributed by atoms with Crippen molar-refractivity contribution in [2.24, 2.45) is 5.73 Å². The van der Waals surface area contributed by atoms with Gasteiger partial charge in [0.25, 0.3) is 10.2 Å². The highest BCUT2D eigenvalue weighted by Crippen LogP contribution is 2.08. The van der Waals surface area contributed by atoms with Gasteiger partial charge in [-0.3, -0.25) is 0 Å². The molecular weight excluding hydrogens is 270 g/mol. The van der Waals surface area contributed by atoms with Gasteiger partial charge in [-0.05, 0) is 19.4 Å². The molecule has 0 aliphatic heterocycles. The molecule has 0 fully saturated rings. The lowest BCUT2D eigenvalue weighted by Crippen LogP contribution is -2.44. The Labute approximate surface area is 116 Å². The van der Waals surface area contributed by atoms with E-state index in [9.17, 15) is 8.42 Å². The molecule has 0 spiro atoms. The molecular formula is C11H27N3O4S. The Bertz CT molecular complexity index is 311. The molecule has 0 heterocycles. The topological polar surface area (TPSA) is 85.1 Å². The molecule has 0 rings (SSSR count). The standard InChI is InChI=1S/C11H27N3O4S/c1-13(7-4-6-12)19(15,16)14(9-11-18-3)8-5-10-17-2/h4-12H2,1-3H3. The number of ether oxygens (including phenoxy) is 2. The third-order valence-corrected chi connectivity index (χ3v) is 4.69. The lowest BCUT2D eigenvalue weighted by atomic mass is 10.4. The van der Waals surface area contributed by atoms with Gasteiger partial charge in [0.15, 0.2) is 0 Å². The first-order chi connectivity index (χ1) is 9.00. The number of hydrogen-bond donors (Lipinski definition) is 1. The van der Waals surface area contributed by atoms with Crippen LogP contribution in [0.15, 0.2) is 0 Å². The van der Waals surface area contributed by atoms with Crippen LogP contribution in [-0.4, -0.2) is 77.7 Å². The van der Waals surface area contributed by atoms with Gasteiger partial charge in [-0.1, -0.05) is 0 Å². The van der Waals surface area contributed by atoms with Crippen molar-refractivity contribution in [1.29, 1.82) is 0 Å². The minimum Gasteiger partial charge on any atom is -0.385 e. The maximum atomic E-state index is 12.4. The lowest BCUT2D eigenvalue weighted by Gasteiger charge is -2.27. The highest BCUT2D eigenvalue weighted by atomic mass is 32.2. The Kier molecular flexibility index (Phi) is 10.4. The highest BCUT2D eigenvalue weighted by molar-refractivity contribution is 7.86. The summed E-state index contributed by atoms with van der Waals surface area (Å²) in [7, 11) is 1.27. The maximum absolute atomic E-state index is 12.4.